The molecule has 1 aromatic carbocycles. The Morgan fingerprint density at radius 2 is 2.32 bits per heavy atom. The number of nitro groups is 1. The van der Waals surface area contributed by atoms with E-state index in [1.807, 2.05) is 0 Å². The second-order valence-electron chi connectivity index (χ2n) is 3.52. The molecule has 0 saturated heterocycles. The summed E-state index contributed by atoms with van der Waals surface area (Å²) in [6.07, 6.45) is -0.547. The zero-order chi connectivity index (χ0) is 13.8. The van der Waals surface area contributed by atoms with E-state index >= 15 is 0 Å². The van der Waals surface area contributed by atoms with Crippen molar-refractivity contribution in [1.82, 2.24) is 4.98 Å². The fourth-order valence-electron chi connectivity index (χ4n) is 1.38. The van der Waals surface area contributed by atoms with Crippen molar-refractivity contribution in [2.75, 3.05) is 5.75 Å². The topological polar surface area (TPSA) is 56.0 Å². The van der Waals surface area contributed by atoms with Gasteiger partial charge in [0.1, 0.15) is 0 Å². The van der Waals surface area contributed by atoms with E-state index < -0.39 is 11.0 Å². The van der Waals surface area contributed by atoms with E-state index in [-0.39, 0.29) is 12.1 Å². The maximum atomic E-state index is 11.8. The molecule has 0 N–H and O–H groups in total. The number of benzene rings is 1. The molecule has 0 bridgehead atoms. The highest BCUT2D eigenvalue weighted by Gasteiger charge is 2.10. The van der Waals surface area contributed by atoms with E-state index in [9.17, 15) is 18.9 Å². The van der Waals surface area contributed by atoms with Crippen molar-refractivity contribution in [1.29, 1.82) is 0 Å². The van der Waals surface area contributed by atoms with Crippen LogP contribution in [-0.4, -0.2) is 15.7 Å². The van der Waals surface area contributed by atoms with Gasteiger partial charge in [-0.25, -0.2) is 4.98 Å². The first-order valence-corrected chi connectivity index (χ1v) is 7.05. The number of thiazole rings is 1. The molecule has 0 aliphatic heterocycles. The average Bonchev–Trinajstić information content (AvgIpc) is 2.75. The van der Waals surface area contributed by atoms with Crippen molar-refractivity contribution in [2.24, 2.45) is 0 Å². The molecule has 0 unspecified atom stereocenters. The third-order valence-electron chi connectivity index (χ3n) is 2.21. The molecule has 0 saturated carbocycles. The largest absolute Gasteiger partial charge is 0.270 e. The van der Waals surface area contributed by atoms with Crippen molar-refractivity contribution >= 4 is 39.0 Å². The van der Waals surface area contributed by atoms with Crippen LogP contribution in [0.25, 0.3) is 10.2 Å². The van der Waals surface area contributed by atoms with Gasteiger partial charge in [0.25, 0.3) is 11.8 Å². The highest BCUT2D eigenvalue weighted by Crippen LogP contribution is 2.32. The number of nitro benzene ring substituents is 1. The van der Waals surface area contributed by atoms with Crippen LogP contribution < -0.4 is 0 Å². The highest BCUT2D eigenvalue weighted by atomic mass is 32.2. The Hall–Kier alpha value is -1.54. The second-order valence-corrected chi connectivity index (χ2v) is 5.89. The van der Waals surface area contributed by atoms with Crippen LogP contribution in [0.2, 0.25) is 0 Å². The Bertz CT molecular complexity index is 639. The van der Waals surface area contributed by atoms with Gasteiger partial charge in [0.15, 0.2) is 4.34 Å². The quantitative estimate of drug-likeness (QED) is 0.354. The van der Waals surface area contributed by atoms with Gasteiger partial charge < -0.3 is 0 Å². The van der Waals surface area contributed by atoms with E-state index in [4.69, 9.17) is 0 Å². The normalized spacial score (nSPS) is 10.6. The van der Waals surface area contributed by atoms with Gasteiger partial charge in [-0.1, -0.05) is 11.8 Å². The van der Waals surface area contributed by atoms with Crippen LogP contribution in [0, 0.1) is 10.1 Å². The second kappa shape index (κ2) is 6.07. The zero-order valence-electron chi connectivity index (χ0n) is 9.51. The molecule has 2 rings (SSSR count). The van der Waals surface area contributed by atoms with Crippen LogP contribution >= 0.6 is 23.1 Å². The van der Waals surface area contributed by atoms with Gasteiger partial charge in [0, 0.05) is 17.9 Å². The summed E-state index contributed by atoms with van der Waals surface area (Å²) in [5.41, 5.74) is 0.709. The van der Waals surface area contributed by atoms with Crippen LogP contribution in [0.3, 0.4) is 0 Å². The maximum Gasteiger partial charge on any atom is 0.270 e. The smallest absolute Gasteiger partial charge is 0.258 e. The minimum Gasteiger partial charge on any atom is -0.258 e. The molecule has 19 heavy (non-hydrogen) atoms. The molecule has 8 heteroatoms. The fourth-order valence-corrected chi connectivity index (χ4v) is 3.44. The molecule has 0 aliphatic carbocycles. The van der Waals surface area contributed by atoms with Crippen LogP contribution in [-0.2, 0) is 0 Å². The number of halogens is 2. The van der Waals surface area contributed by atoms with Crippen molar-refractivity contribution < 1.29 is 13.7 Å². The highest BCUT2D eigenvalue weighted by molar-refractivity contribution is 8.01. The summed E-state index contributed by atoms with van der Waals surface area (Å²) in [6.45, 7) is 0. The number of nitrogens with zero attached hydrogens (tertiary/aromatic N) is 2. The molecule has 0 aliphatic rings. The van der Waals surface area contributed by atoms with E-state index in [1.54, 1.807) is 6.07 Å². The van der Waals surface area contributed by atoms with Crippen LogP contribution in [0.4, 0.5) is 14.5 Å². The lowest BCUT2D eigenvalue weighted by atomic mass is 10.3. The molecular formula is C11H8F2N2O2S2. The molecule has 2 aromatic rings. The minimum atomic E-state index is -1.68. The molecule has 1 heterocycles. The molecule has 1 aromatic heterocycles. The van der Waals surface area contributed by atoms with Gasteiger partial charge in [-0.05, 0) is 18.6 Å². The average molecular weight is 302 g/mol. The molecule has 100 valence electrons. The molecular weight excluding hydrogens is 294 g/mol. The lowest BCUT2D eigenvalue weighted by Gasteiger charge is -1.91. The summed E-state index contributed by atoms with van der Waals surface area (Å²) in [5.74, 6) is 0.499. The molecule has 0 fully saturated rings. The summed E-state index contributed by atoms with van der Waals surface area (Å²) in [7, 11) is 0. The fraction of sp³-hybridized carbons (Fsp3) is 0.182. The molecule has 0 radical (unpaired) electrons. The summed E-state index contributed by atoms with van der Waals surface area (Å²) < 4.78 is 25.1. The lowest BCUT2D eigenvalue weighted by molar-refractivity contribution is -0.384. The number of non-ortho nitro benzene ring substituents is 1. The van der Waals surface area contributed by atoms with Crippen LogP contribution in [0.15, 0.2) is 34.7 Å². The first kappa shape index (κ1) is 13.9. The Morgan fingerprint density at radius 1 is 1.53 bits per heavy atom. The summed E-state index contributed by atoms with van der Waals surface area (Å²) in [4.78, 5) is 14.5. The molecule has 0 spiro atoms. The molecule has 4 nitrogen and oxygen atoms in total. The van der Waals surface area contributed by atoms with Gasteiger partial charge in [-0.3, -0.25) is 10.1 Å². The number of rotatable bonds is 5. The SMILES string of the molecule is O=[N+]([O-])c1ccc2nc(SCCC=C(F)F)sc2c1. The summed E-state index contributed by atoms with van der Waals surface area (Å²) in [6, 6.07) is 4.46. The molecule has 0 amide bonds. The summed E-state index contributed by atoms with van der Waals surface area (Å²) >= 11 is 2.69. The van der Waals surface area contributed by atoms with Crippen molar-refractivity contribution in [3.8, 4) is 0 Å². The zero-order valence-corrected chi connectivity index (χ0v) is 11.1. The van der Waals surface area contributed by atoms with Gasteiger partial charge in [0.2, 0.25) is 0 Å². The van der Waals surface area contributed by atoms with E-state index in [2.05, 4.69) is 4.98 Å². The summed E-state index contributed by atoms with van der Waals surface area (Å²) in [5, 5.41) is 10.6. The number of aromatic nitrogens is 1. The van der Waals surface area contributed by atoms with E-state index in [0.29, 0.717) is 11.3 Å². The number of hydrogen-bond acceptors (Lipinski definition) is 5. The third kappa shape index (κ3) is 3.71. The Kier molecular flexibility index (Phi) is 4.43. The number of thioether (sulfide) groups is 1. The first-order chi connectivity index (χ1) is 9.06. The standard InChI is InChI=1S/C11H8F2N2O2S2/c12-10(13)2-1-5-18-11-14-8-4-3-7(15(16)17)6-9(8)19-11/h2-4,6H,1,5H2. The van der Waals surface area contributed by atoms with Crippen LogP contribution in [0.5, 0.6) is 0 Å². The number of allylic oxidation sites excluding steroid dienone is 1. The van der Waals surface area contributed by atoms with Crippen molar-refractivity contribution in [2.45, 2.75) is 10.8 Å². The predicted octanol–water partition coefficient (Wildman–Crippen LogP) is 4.47. The van der Waals surface area contributed by atoms with Gasteiger partial charge in [0.05, 0.1) is 15.1 Å². The molecule has 0 atom stereocenters. The lowest BCUT2D eigenvalue weighted by Crippen LogP contribution is -1.85. The van der Waals surface area contributed by atoms with Crippen LogP contribution in [0.1, 0.15) is 6.42 Å². The Morgan fingerprint density at radius 3 is 3.00 bits per heavy atom. The van der Waals surface area contributed by atoms with Crippen molar-refractivity contribution in [3.63, 3.8) is 0 Å². The monoisotopic (exact) mass is 302 g/mol. The van der Waals surface area contributed by atoms with Gasteiger partial charge in [-0.15, -0.1) is 11.3 Å². The predicted molar refractivity (Wildman–Crippen MR) is 71.9 cm³/mol. The van der Waals surface area contributed by atoms with Crippen molar-refractivity contribution in [3.05, 3.63) is 40.5 Å². The van der Waals surface area contributed by atoms with E-state index in [0.717, 1.165) is 15.1 Å². The maximum absolute atomic E-state index is 11.8. The Balaban J connectivity index is 2.09. The minimum absolute atomic E-state index is 0.0233. The Labute approximate surface area is 115 Å². The number of hydrogen-bond donors (Lipinski definition) is 0. The van der Waals surface area contributed by atoms with Gasteiger partial charge >= 0.3 is 0 Å². The van der Waals surface area contributed by atoms with E-state index in [1.165, 1.54) is 35.2 Å². The third-order valence-corrected chi connectivity index (χ3v) is 4.40. The van der Waals surface area contributed by atoms with Gasteiger partial charge in [-0.2, -0.15) is 8.78 Å². The first-order valence-electron chi connectivity index (χ1n) is 5.25. The number of fused-ring (bicyclic) bond motifs is 1.